The summed E-state index contributed by atoms with van der Waals surface area (Å²) in [6, 6.07) is 10.0. The summed E-state index contributed by atoms with van der Waals surface area (Å²) in [6.07, 6.45) is 7.39. The fourth-order valence-corrected chi connectivity index (χ4v) is 5.96. The van der Waals surface area contributed by atoms with Crippen LogP contribution in [0.3, 0.4) is 0 Å². The van der Waals surface area contributed by atoms with Crippen molar-refractivity contribution >= 4 is 57.8 Å². The molecule has 210 valence electrons. The van der Waals surface area contributed by atoms with Crippen LogP contribution in [0.25, 0.3) is 10.9 Å². The Morgan fingerprint density at radius 2 is 1.84 bits per heavy atom. The first kappa shape index (κ1) is 32.5. The fraction of sp³-hybridized carbons (Fsp3) is 0.500. The topological polar surface area (TPSA) is 54.7 Å². The number of thiol groups is 1. The van der Waals surface area contributed by atoms with Crippen LogP contribution in [0.4, 0.5) is 0 Å². The largest absolute Gasteiger partial charge is 0.506 e. The molecule has 0 saturated carbocycles. The van der Waals surface area contributed by atoms with Gasteiger partial charge in [0.05, 0.1) is 33.1 Å². The van der Waals surface area contributed by atoms with Crippen molar-refractivity contribution in [2.24, 2.45) is 7.05 Å². The Morgan fingerprint density at radius 1 is 1.16 bits per heavy atom. The van der Waals surface area contributed by atoms with Gasteiger partial charge in [0.1, 0.15) is 5.75 Å². The van der Waals surface area contributed by atoms with Crippen molar-refractivity contribution in [3.05, 3.63) is 62.8 Å². The molecule has 5 nitrogen and oxygen atoms in total. The van der Waals surface area contributed by atoms with Gasteiger partial charge in [0, 0.05) is 24.5 Å². The number of halogens is 2. The first-order valence-corrected chi connectivity index (χ1v) is 14.6. The molecule has 1 N–H and O–H groups in total. The first-order chi connectivity index (χ1) is 17.7. The molecule has 0 bridgehead atoms. The molecule has 2 aromatic carbocycles. The maximum atomic E-state index is 13.5. The number of aromatic hydroxyl groups is 1. The van der Waals surface area contributed by atoms with E-state index in [1.807, 2.05) is 49.7 Å². The number of nitrogens with zero attached hydrogens (tertiary/aromatic N) is 2. The van der Waals surface area contributed by atoms with E-state index in [0.29, 0.717) is 16.6 Å². The van der Waals surface area contributed by atoms with Crippen LogP contribution in [0.5, 0.6) is 5.75 Å². The molecular weight excluding hydrogens is 584 g/mol. The highest BCUT2D eigenvalue weighted by molar-refractivity contribution is 9.10. The Hall–Kier alpha value is -1.67. The second-order valence-corrected chi connectivity index (χ2v) is 11.3. The van der Waals surface area contributed by atoms with Gasteiger partial charge in [-0.05, 0) is 61.4 Å². The number of phenolic OH excluding ortho intramolecular Hbond substituents is 1. The third-order valence-corrected chi connectivity index (χ3v) is 8.13. The molecule has 0 aliphatic heterocycles. The van der Waals surface area contributed by atoms with Crippen molar-refractivity contribution in [2.75, 3.05) is 20.2 Å². The van der Waals surface area contributed by atoms with Crippen LogP contribution < -0.4 is 0 Å². The molecule has 38 heavy (non-hydrogen) atoms. The monoisotopic (exact) mass is 624 g/mol. The minimum absolute atomic E-state index is 0. The average Bonchev–Trinajstić information content (AvgIpc) is 3.15. The number of carbonyl (C=O) groups is 1. The van der Waals surface area contributed by atoms with Gasteiger partial charge in [-0.1, -0.05) is 68.9 Å². The predicted molar refractivity (Wildman–Crippen MR) is 167 cm³/mol. The summed E-state index contributed by atoms with van der Waals surface area (Å²) in [7, 11) is 4.02. The summed E-state index contributed by atoms with van der Waals surface area (Å²) in [5, 5.41) is 11.6. The number of esters is 1. The number of phenols is 1. The van der Waals surface area contributed by atoms with E-state index >= 15 is 0 Å². The summed E-state index contributed by atoms with van der Waals surface area (Å²) >= 11 is 8.55. The number of unbranched alkanes of at least 4 members (excludes halogenated alkanes) is 5. The lowest BCUT2D eigenvalue weighted by molar-refractivity contribution is 0.0527. The quantitative estimate of drug-likeness (QED) is 0.114. The van der Waals surface area contributed by atoms with Crippen molar-refractivity contribution in [1.82, 2.24) is 9.47 Å². The van der Waals surface area contributed by atoms with Gasteiger partial charge < -0.3 is 19.3 Å². The molecule has 1 atom stereocenters. The lowest BCUT2D eigenvalue weighted by Gasteiger charge is -2.19. The van der Waals surface area contributed by atoms with Crippen LogP contribution in [0.15, 0.2) is 34.8 Å². The molecule has 0 fully saturated rings. The van der Waals surface area contributed by atoms with Crippen LogP contribution in [0, 0.1) is 6.92 Å². The zero-order valence-electron chi connectivity index (χ0n) is 23.2. The molecule has 3 aromatic rings. The summed E-state index contributed by atoms with van der Waals surface area (Å²) in [4.78, 5) is 15.7. The van der Waals surface area contributed by atoms with Gasteiger partial charge in [0.15, 0.2) is 0 Å². The average molecular weight is 626 g/mol. The summed E-state index contributed by atoms with van der Waals surface area (Å²) in [5.41, 5.74) is 4.96. The summed E-state index contributed by atoms with van der Waals surface area (Å²) in [6.45, 7) is 7.80. The van der Waals surface area contributed by atoms with Crippen LogP contribution >= 0.6 is 41.0 Å². The van der Waals surface area contributed by atoms with Crippen molar-refractivity contribution in [2.45, 2.75) is 71.1 Å². The van der Waals surface area contributed by atoms with Gasteiger partial charge in [-0.3, -0.25) is 0 Å². The second-order valence-electron chi connectivity index (χ2n) is 9.94. The predicted octanol–water partition coefficient (Wildman–Crippen LogP) is 8.36. The smallest absolute Gasteiger partial charge is 0.340 e. The van der Waals surface area contributed by atoms with Gasteiger partial charge in [-0.2, -0.15) is 12.6 Å². The first-order valence-electron chi connectivity index (χ1n) is 13.3. The highest BCUT2D eigenvalue weighted by atomic mass is 79.9. The molecule has 0 amide bonds. The Balaban J connectivity index is 0.00000507. The van der Waals surface area contributed by atoms with Gasteiger partial charge >= 0.3 is 5.97 Å². The highest BCUT2D eigenvalue weighted by Gasteiger charge is 2.30. The molecule has 1 unspecified atom stereocenters. The van der Waals surface area contributed by atoms with Crippen molar-refractivity contribution in [1.29, 1.82) is 0 Å². The minimum atomic E-state index is -0.392. The zero-order valence-corrected chi connectivity index (χ0v) is 26.5. The Bertz CT molecular complexity index is 1230. The fourth-order valence-electron chi connectivity index (χ4n) is 5.04. The summed E-state index contributed by atoms with van der Waals surface area (Å²) < 4.78 is 8.17. The molecule has 0 radical (unpaired) electrons. The second kappa shape index (κ2) is 15.2. The van der Waals surface area contributed by atoms with E-state index in [0.717, 1.165) is 46.3 Å². The van der Waals surface area contributed by atoms with E-state index in [-0.39, 0.29) is 30.0 Å². The SMILES string of the molecule is CCCCCCCCN(C)Cc1c(O)c(Br)cc2c1c(C(=O)OCC)c(C(S)c1cccc(C)c1)n2C.Cl. The van der Waals surface area contributed by atoms with Crippen molar-refractivity contribution in [3.63, 3.8) is 0 Å². The molecule has 3 rings (SSSR count). The van der Waals surface area contributed by atoms with E-state index in [9.17, 15) is 9.90 Å². The van der Waals surface area contributed by atoms with Crippen molar-refractivity contribution in [3.8, 4) is 5.75 Å². The Kier molecular flexibility index (Phi) is 13.0. The van der Waals surface area contributed by atoms with Gasteiger partial charge in [0.2, 0.25) is 0 Å². The van der Waals surface area contributed by atoms with Crippen LogP contribution in [-0.2, 0) is 18.3 Å². The molecule has 0 aliphatic rings. The Morgan fingerprint density at radius 3 is 2.50 bits per heavy atom. The number of aromatic nitrogens is 1. The van der Waals surface area contributed by atoms with E-state index in [1.54, 1.807) is 0 Å². The number of hydrogen-bond acceptors (Lipinski definition) is 5. The highest BCUT2D eigenvalue weighted by Crippen LogP contribution is 2.43. The zero-order chi connectivity index (χ0) is 27.1. The van der Waals surface area contributed by atoms with Gasteiger partial charge in [-0.25, -0.2) is 4.79 Å². The molecule has 0 aliphatic carbocycles. The summed E-state index contributed by atoms with van der Waals surface area (Å²) in [5.74, 6) is -0.229. The van der Waals surface area contributed by atoms with Crippen LogP contribution in [0.1, 0.15) is 90.4 Å². The standard InChI is InChI=1S/C30H41BrN2O3S.ClH/c1-6-8-9-10-11-12-16-32(4)19-22-25-24(18-23(31)28(22)34)33(5)27(26(25)30(35)36-7-2)29(37)21-15-13-14-20(3)17-21;/h13-15,17-18,29,34,37H,6-12,16,19H2,1-5H3;1H. The number of benzene rings is 2. The van der Waals surface area contributed by atoms with Crippen LogP contribution in [0.2, 0.25) is 0 Å². The third kappa shape index (κ3) is 7.50. The van der Waals surface area contributed by atoms with Gasteiger partial charge in [0.25, 0.3) is 0 Å². The Labute approximate surface area is 247 Å². The number of carbonyl (C=O) groups excluding carboxylic acids is 1. The van der Waals surface area contributed by atoms with E-state index in [4.69, 9.17) is 17.4 Å². The lowest BCUT2D eigenvalue weighted by atomic mass is 9.99. The number of ether oxygens (including phenoxy) is 1. The number of fused-ring (bicyclic) bond motifs is 1. The molecular formula is C30H42BrClN2O3S. The maximum Gasteiger partial charge on any atom is 0.340 e. The number of hydrogen-bond donors (Lipinski definition) is 2. The molecule has 8 heteroatoms. The maximum absolute atomic E-state index is 13.5. The van der Waals surface area contributed by atoms with Crippen molar-refractivity contribution < 1.29 is 14.6 Å². The minimum Gasteiger partial charge on any atom is -0.506 e. The number of aryl methyl sites for hydroxylation is 2. The molecule has 1 aromatic heterocycles. The molecule has 0 spiro atoms. The number of rotatable bonds is 13. The van der Waals surface area contributed by atoms with E-state index < -0.39 is 5.97 Å². The van der Waals surface area contributed by atoms with Crippen LogP contribution in [-0.4, -0.2) is 40.7 Å². The van der Waals surface area contributed by atoms with E-state index in [1.165, 1.54) is 32.1 Å². The third-order valence-electron chi connectivity index (χ3n) is 6.98. The van der Waals surface area contributed by atoms with E-state index in [2.05, 4.69) is 40.9 Å². The lowest BCUT2D eigenvalue weighted by Crippen LogP contribution is -2.20. The molecule has 1 heterocycles. The normalized spacial score (nSPS) is 12.1. The van der Waals surface area contributed by atoms with Gasteiger partial charge in [-0.15, -0.1) is 12.4 Å². The molecule has 0 saturated heterocycles.